The lowest BCUT2D eigenvalue weighted by Gasteiger charge is -2.27. The number of rotatable bonds is 8. The highest BCUT2D eigenvalue weighted by Gasteiger charge is 2.35. The number of alkyl halides is 3. The van der Waals surface area contributed by atoms with Crippen LogP contribution in [0, 0.1) is 5.92 Å². The minimum absolute atomic E-state index is 0.0263. The molecule has 2 aromatic heterocycles. The summed E-state index contributed by atoms with van der Waals surface area (Å²) in [6, 6.07) is 11.6. The smallest absolute Gasteiger partial charge is 0.348 e. The number of carbonyl (C=O) groups excluding carboxylic acids is 1. The van der Waals surface area contributed by atoms with E-state index in [-0.39, 0.29) is 17.9 Å². The Bertz CT molecular complexity index is 1280. The Labute approximate surface area is 216 Å². The molecule has 37 heavy (non-hydrogen) atoms. The first-order valence-corrected chi connectivity index (χ1v) is 13.4. The van der Waals surface area contributed by atoms with Gasteiger partial charge < -0.3 is 5.32 Å². The van der Waals surface area contributed by atoms with Crippen molar-refractivity contribution in [3.8, 4) is 0 Å². The van der Waals surface area contributed by atoms with Gasteiger partial charge in [-0.2, -0.15) is 13.2 Å². The Balaban J connectivity index is 1.44. The summed E-state index contributed by atoms with van der Waals surface area (Å²) in [4.78, 5) is 23.9. The van der Waals surface area contributed by atoms with Crippen molar-refractivity contribution in [1.82, 2.24) is 20.2 Å². The molecule has 10 heteroatoms. The lowest BCUT2D eigenvalue weighted by atomic mass is 9.99. The normalized spacial score (nSPS) is 16.6. The van der Waals surface area contributed by atoms with E-state index < -0.39 is 22.7 Å². The summed E-state index contributed by atoms with van der Waals surface area (Å²) in [7, 11) is -1.02. The van der Waals surface area contributed by atoms with Crippen molar-refractivity contribution in [2.45, 2.75) is 57.5 Å². The number of fused-ring (bicyclic) bond motifs is 1. The molecule has 1 amide bonds. The van der Waals surface area contributed by atoms with E-state index in [2.05, 4.69) is 34.0 Å². The number of hydrogen-bond donors (Lipinski definition) is 1. The molecule has 0 radical (unpaired) electrons. The lowest BCUT2D eigenvalue weighted by Crippen LogP contribution is -2.26. The SMILES string of the molecule is CCS(=O)c1ccc(CNC(=O)c2cnc3c(c2)CN(Cc2ccc(C(F)(F)F)nc2)[C@@H]3C(C)C)cc1. The van der Waals surface area contributed by atoms with E-state index in [1.54, 1.807) is 6.20 Å². The number of carbonyl (C=O) groups is 1. The molecule has 1 unspecified atom stereocenters. The zero-order valence-electron chi connectivity index (χ0n) is 20.9. The molecule has 4 rings (SSSR count). The third kappa shape index (κ3) is 6.24. The number of hydrogen-bond acceptors (Lipinski definition) is 5. The van der Waals surface area contributed by atoms with Gasteiger partial charge in [0.15, 0.2) is 0 Å². The van der Waals surface area contributed by atoms with E-state index in [1.165, 1.54) is 12.3 Å². The molecule has 0 bridgehead atoms. The van der Waals surface area contributed by atoms with Crippen molar-refractivity contribution in [1.29, 1.82) is 0 Å². The van der Waals surface area contributed by atoms with E-state index in [1.807, 2.05) is 37.3 Å². The van der Waals surface area contributed by atoms with Crippen LogP contribution in [0.1, 0.15) is 65.2 Å². The van der Waals surface area contributed by atoms with Gasteiger partial charge in [-0.3, -0.25) is 23.9 Å². The summed E-state index contributed by atoms with van der Waals surface area (Å²) in [5.41, 5.74) is 2.92. The summed E-state index contributed by atoms with van der Waals surface area (Å²) < 4.78 is 50.5. The Morgan fingerprint density at radius 3 is 2.41 bits per heavy atom. The first-order chi connectivity index (χ1) is 17.6. The Morgan fingerprint density at radius 1 is 1.11 bits per heavy atom. The van der Waals surface area contributed by atoms with Gasteiger partial charge in [-0.15, -0.1) is 0 Å². The second kappa shape index (κ2) is 11.1. The van der Waals surface area contributed by atoms with Crippen molar-refractivity contribution in [3.63, 3.8) is 0 Å². The van der Waals surface area contributed by atoms with Crippen LogP contribution < -0.4 is 5.32 Å². The number of halogens is 3. The molecular weight excluding hydrogens is 501 g/mol. The van der Waals surface area contributed by atoms with Gasteiger partial charge in [-0.05, 0) is 46.9 Å². The molecule has 1 N–H and O–H groups in total. The van der Waals surface area contributed by atoms with Gasteiger partial charge in [0, 0.05) is 42.7 Å². The minimum Gasteiger partial charge on any atom is -0.348 e. The highest BCUT2D eigenvalue weighted by molar-refractivity contribution is 7.85. The first kappa shape index (κ1) is 26.9. The van der Waals surface area contributed by atoms with Crippen LogP contribution >= 0.6 is 0 Å². The van der Waals surface area contributed by atoms with Crippen LogP contribution in [0.4, 0.5) is 13.2 Å². The van der Waals surface area contributed by atoms with E-state index >= 15 is 0 Å². The average molecular weight is 531 g/mol. The first-order valence-electron chi connectivity index (χ1n) is 12.1. The maximum atomic E-state index is 12.9. The van der Waals surface area contributed by atoms with E-state index in [9.17, 15) is 22.2 Å². The van der Waals surface area contributed by atoms with Crippen LogP contribution in [0.25, 0.3) is 0 Å². The van der Waals surface area contributed by atoms with Crippen LogP contribution in [-0.4, -0.2) is 30.7 Å². The van der Waals surface area contributed by atoms with Crippen molar-refractivity contribution in [3.05, 3.63) is 88.5 Å². The van der Waals surface area contributed by atoms with E-state index in [0.717, 1.165) is 27.8 Å². The molecule has 0 aliphatic carbocycles. The quantitative estimate of drug-likeness (QED) is 0.430. The average Bonchev–Trinajstić information content (AvgIpc) is 3.24. The minimum atomic E-state index is -4.47. The molecule has 1 aliphatic heterocycles. The lowest BCUT2D eigenvalue weighted by molar-refractivity contribution is -0.141. The summed E-state index contributed by atoms with van der Waals surface area (Å²) in [6.07, 6.45) is -1.63. The zero-order chi connectivity index (χ0) is 26.7. The monoisotopic (exact) mass is 530 g/mol. The summed E-state index contributed by atoms with van der Waals surface area (Å²) >= 11 is 0. The van der Waals surface area contributed by atoms with Crippen LogP contribution in [-0.2, 0) is 36.6 Å². The summed E-state index contributed by atoms with van der Waals surface area (Å²) in [6.45, 7) is 7.29. The number of nitrogens with zero attached hydrogens (tertiary/aromatic N) is 3. The van der Waals surface area contributed by atoms with E-state index in [0.29, 0.717) is 36.5 Å². The number of pyridine rings is 2. The third-order valence-electron chi connectivity index (χ3n) is 6.34. The van der Waals surface area contributed by atoms with Crippen molar-refractivity contribution < 1.29 is 22.2 Å². The topological polar surface area (TPSA) is 75.2 Å². The van der Waals surface area contributed by atoms with E-state index in [4.69, 9.17) is 0 Å². The second-order valence-electron chi connectivity index (χ2n) is 9.37. The van der Waals surface area contributed by atoms with Crippen LogP contribution in [0.5, 0.6) is 0 Å². The molecule has 0 fully saturated rings. The number of aromatic nitrogens is 2. The van der Waals surface area contributed by atoms with Gasteiger partial charge in [-0.25, -0.2) is 0 Å². The molecule has 0 saturated carbocycles. The third-order valence-corrected chi connectivity index (χ3v) is 7.67. The molecule has 196 valence electrons. The molecule has 1 aromatic carbocycles. The summed E-state index contributed by atoms with van der Waals surface area (Å²) in [5.74, 6) is 0.515. The zero-order valence-corrected chi connectivity index (χ0v) is 21.7. The fourth-order valence-electron chi connectivity index (χ4n) is 4.55. The van der Waals surface area contributed by atoms with Crippen molar-refractivity contribution in [2.24, 2.45) is 5.92 Å². The Kier molecular flexibility index (Phi) is 8.08. The fraction of sp³-hybridized carbons (Fsp3) is 0.370. The van der Waals surface area contributed by atoms with Gasteiger partial charge in [0.05, 0.1) is 28.1 Å². The van der Waals surface area contributed by atoms with Crippen LogP contribution in [0.2, 0.25) is 0 Å². The molecule has 0 spiro atoms. The number of amides is 1. The van der Waals surface area contributed by atoms with Crippen molar-refractivity contribution >= 4 is 16.7 Å². The van der Waals surface area contributed by atoms with Gasteiger partial charge in [0.1, 0.15) is 5.69 Å². The Morgan fingerprint density at radius 2 is 1.81 bits per heavy atom. The number of benzene rings is 1. The molecule has 0 saturated heterocycles. The molecule has 1 aliphatic rings. The fourth-order valence-corrected chi connectivity index (χ4v) is 5.32. The van der Waals surface area contributed by atoms with Gasteiger partial charge >= 0.3 is 6.18 Å². The van der Waals surface area contributed by atoms with Crippen molar-refractivity contribution in [2.75, 3.05) is 5.75 Å². The molecule has 3 heterocycles. The molecule has 6 nitrogen and oxygen atoms in total. The highest BCUT2D eigenvalue weighted by Crippen LogP contribution is 2.38. The van der Waals surface area contributed by atoms with Gasteiger partial charge in [0.25, 0.3) is 5.91 Å². The summed E-state index contributed by atoms with van der Waals surface area (Å²) in [5, 5.41) is 2.90. The predicted molar refractivity (Wildman–Crippen MR) is 135 cm³/mol. The standard InChI is InChI=1S/C27H29F3N4O2S/c1-4-37(36)22-8-5-18(6-9-22)12-33-26(35)20-11-21-16-34(25(17(2)3)24(21)32-14-20)15-19-7-10-23(31-13-19)27(28,29)30/h5-11,13-14,17,25H,4,12,15-16H2,1-3H3,(H,33,35)/t25-,37?/m1/s1. The predicted octanol–water partition coefficient (Wildman–Crippen LogP) is 5.27. The molecular formula is C27H29F3N4O2S. The van der Waals surface area contributed by atoms with Crippen LogP contribution in [0.15, 0.2) is 59.8 Å². The number of nitrogens with one attached hydrogen (secondary N) is 1. The van der Waals surface area contributed by atoms with Gasteiger partial charge in [0.2, 0.25) is 0 Å². The maximum absolute atomic E-state index is 12.9. The van der Waals surface area contributed by atoms with Crippen LogP contribution in [0.3, 0.4) is 0 Å². The maximum Gasteiger partial charge on any atom is 0.433 e. The molecule has 3 aromatic rings. The second-order valence-corrected chi connectivity index (χ2v) is 11.1. The largest absolute Gasteiger partial charge is 0.433 e. The van der Waals surface area contributed by atoms with Gasteiger partial charge in [-0.1, -0.05) is 39.0 Å². The highest BCUT2D eigenvalue weighted by atomic mass is 32.2. The molecule has 2 atom stereocenters. The Hall–Kier alpha value is -3.11.